The quantitative estimate of drug-likeness (QED) is 0.597. The van der Waals surface area contributed by atoms with Crippen LogP contribution in [0.3, 0.4) is 0 Å². The first-order valence-corrected chi connectivity index (χ1v) is 7.24. The number of hydrazine groups is 1. The number of nitrogens with zero attached hydrogens (tertiary/aromatic N) is 1. The van der Waals surface area contributed by atoms with Crippen molar-refractivity contribution in [3.05, 3.63) is 54.4 Å². The number of carbonyl (C=O) groups excluding carboxylic acids is 1. The molecule has 108 valence electrons. The highest BCUT2D eigenvalue weighted by atomic mass is 32.1. The molecule has 1 aliphatic rings. The fourth-order valence-electron chi connectivity index (χ4n) is 2.02. The summed E-state index contributed by atoms with van der Waals surface area (Å²) in [5.74, 6) is -0.223. The van der Waals surface area contributed by atoms with Crippen molar-refractivity contribution in [1.82, 2.24) is 20.7 Å². The van der Waals surface area contributed by atoms with Gasteiger partial charge in [-0.05, 0) is 49.3 Å². The molecule has 1 aromatic carbocycles. The minimum Gasteiger partial charge on any atom is -0.359 e. The van der Waals surface area contributed by atoms with E-state index in [9.17, 15) is 4.79 Å². The van der Waals surface area contributed by atoms with Gasteiger partial charge in [0.05, 0.1) is 11.3 Å². The van der Waals surface area contributed by atoms with E-state index in [0.29, 0.717) is 16.7 Å². The summed E-state index contributed by atoms with van der Waals surface area (Å²) in [6, 6.07) is 11.7. The molecule has 0 spiro atoms. The molecule has 1 amide bonds. The molecule has 1 fully saturated rings. The van der Waals surface area contributed by atoms with E-state index in [1.165, 1.54) is 0 Å². The Labute approximate surface area is 128 Å². The van der Waals surface area contributed by atoms with E-state index in [-0.39, 0.29) is 5.91 Å². The molecule has 1 heterocycles. The van der Waals surface area contributed by atoms with Crippen LogP contribution in [0.2, 0.25) is 0 Å². The second-order valence-corrected chi connectivity index (χ2v) is 5.34. The minimum atomic E-state index is -0.223. The molecule has 2 aromatic rings. The number of thiocarbonyl (C=S) groups is 1. The highest BCUT2D eigenvalue weighted by molar-refractivity contribution is 7.80. The van der Waals surface area contributed by atoms with Crippen LogP contribution in [0.25, 0.3) is 5.69 Å². The molecule has 0 radical (unpaired) electrons. The molecule has 1 aromatic heterocycles. The summed E-state index contributed by atoms with van der Waals surface area (Å²) >= 11 is 5.11. The van der Waals surface area contributed by atoms with E-state index in [4.69, 9.17) is 12.2 Å². The first-order valence-electron chi connectivity index (χ1n) is 6.83. The molecule has 1 aliphatic carbocycles. The Kier molecular flexibility index (Phi) is 3.87. The van der Waals surface area contributed by atoms with Crippen LogP contribution in [0, 0.1) is 0 Å². The van der Waals surface area contributed by atoms with Crippen LogP contribution in [0.4, 0.5) is 0 Å². The van der Waals surface area contributed by atoms with Gasteiger partial charge in [-0.25, -0.2) is 0 Å². The molecule has 6 heteroatoms. The van der Waals surface area contributed by atoms with Crippen LogP contribution < -0.4 is 16.2 Å². The van der Waals surface area contributed by atoms with Crippen molar-refractivity contribution in [2.24, 2.45) is 0 Å². The number of amides is 1. The van der Waals surface area contributed by atoms with E-state index >= 15 is 0 Å². The Balaban J connectivity index is 1.68. The van der Waals surface area contributed by atoms with Crippen molar-refractivity contribution < 1.29 is 4.79 Å². The second kappa shape index (κ2) is 5.97. The maximum atomic E-state index is 12.3. The molecule has 0 bridgehead atoms. The lowest BCUT2D eigenvalue weighted by atomic mass is 10.1. The van der Waals surface area contributed by atoms with Crippen molar-refractivity contribution >= 4 is 23.2 Å². The highest BCUT2D eigenvalue weighted by Gasteiger charge is 2.22. The number of carbonyl (C=O) groups is 1. The Morgan fingerprint density at radius 2 is 1.81 bits per heavy atom. The van der Waals surface area contributed by atoms with Gasteiger partial charge in [0.2, 0.25) is 0 Å². The SMILES string of the molecule is O=C(NNC(=S)NC1CC1)c1ccccc1-n1cccc1. The molecular weight excluding hydrogens is 284 g/mol. The lowest BCUT2D eigenvalue weighted by Gasteiger charge is -2.13. The topological polar surface area (TPSA) is 58.1 Å². The lowest BCUT2D eigenvalue weighted by molar-refractivity contribution is 0.0943. The maximum Gasteiger partial charge on any atom is 0.271 e. The highest BCUT2D eigenvalue weighted by Crippen LogP contribution is 2.18. The molecular formula is C15H16N4OS. The summed E-state index contributed by atoms with van der Waals surface area (Å²) in [4.78, 5) is 12.3. The van der Waals surface area contributed by atoms with Gasteiger partial charge in [-0.15, -0.1) is 0 Å². The van der Waals surface area contributed by atoms with E-state index in [1.54, 1.807) is 6.07 Å². The number of hydrogen-bond donors (Lipinski definition) is 3. The Bertz CT molecular complexity index is 649. The monoisotopic (exact) mass is 300 g/mol. The molecule has 3 N–H and O–H groups in total. The van der Waals surface area contributed by atoms with Gasteiger partial charge in [0.1, 0.15) is 0 Å². The number of benzene rings is 1. The third-order valence-corrected chi connectivity index (χ3v) is 3.45. The largest absolute Gasteiger partial charge is 0.359 e. The molecule has 5 nitrogen and oxygen atoms in total. The average Bonchev–Trinajstić information content (AvgIpc) is 3.15. The summed E-state index contributed by atoms with van der Waals surface area (Å²) in [7, 11) is 0. The smallest absolute Gasteiger partial charge is 0.271 e. The molecule has 0 atom stereocenters. The second-order valence-electron chi connectivity index (χ2n) is 4.93. The van der Waals surface area contributed by atoms with Gasteiger partial charge in [0, 0.05) is 18.4 Å². The lowest BCUT2D eigenvalue weighted by Crippen LogP contribution is -2.47. The van der Waals surface area contributed by atoms with Crippen molar-refractivity contribution in [2.75, 3.05) is 0 Å². The summed E-state index contributed by atoms with van der Waals surface area (Å²) < 4.78 is 1.90. The number of para-hydroxylation sites is 1. The average molecular weight is 300 g/mol. The van der Waals surface area contributed by atoms with Crippen LogP contribution in [0.15, 0.2) is 48.8 Å². The van der Waals surface area contributed by atoms with Gasteiger partial charge in [-0.1, -0.05) is 12.1 Å². The van der Waals surface area contributed by atoms with Gasteiger partial charge in [-0.2, -0.15) is 0 Å². The Morgan fingerprint density at radius 1 is 1.10 bits per heavy atom. The summed E-state index contributed by atoms with van der Waals surface area (Å²) in [5.41, 5.74) is 6.77. The summed E-state index contributed by atoms with van der Waals surface area (Å²) in [6.07, 6.45) is 6.07. The minimum absolute atomic E-state index is 0.223. The summed E-state index contributed by atoms with van der Waals surface area (Å²) in [6.45, 7) is 0. The van der Waals surface area contributed by atoms with Crippen LogP contribution in [-0.2, 0) is 0 Å². The zero-order chi connectivity index (χ0) is 14.7. The Hall–Kier alpha value is -2.34. The standard InChI is InChI=1S/C15H16N4OS/c20-14(17-18-15(21)16-11-7-8-11)12-5-1-2-6-13(12)19-9-3-4-10-19/h1-6,9-11H,7-8H2,(H,17,20)(H2,16,18,21). The van der Waals surface area contributed by atoms with Gasteiger partial charge in [-0.3, -0.25) is 15.6 Å². The van der Waals surface area contributed by atoms with Crippen LogP contribution in [0.1, 0.15) is 23.2 Å². The van der Waals surface area contributed by atoms with E-state index in [0.717, 1.165) is 18.5 Å². The van der Waals surface area contributed by atoms with E-state index in [2.05, 4.69) is 16.2 Å². The molecule has 0 saturated heterocycles. The number of hydrogen-bond acceptors (Lipinski definition) is 2. The number of rotatable bonds is 3. The first kappa shape index (κ1) is 13.6. The van der Waals surface area contributed by atoms with Gasteiger partial charge in [0.25, 0.3) is 5.91 Å². The molecule has 21 heavy (non-hydrogen) atoms. The molecule has 1 saturated carbocycles. The first-order chi connectivity index (χ1) is 10.2. The van der Waals surface area contributed by atoms with Gasteiger partial charge >= 0.3 is 0 Å². The third-order valence-electron chi connectivity index (χ3n) is 3.23. The number of aromatic nitrogens is 1. The van der Waals surface area contributed by atoms with Crippen molar-refractivity contribution in [1.29, 1.82) is 0 Å². The fourth-order valence-corrected chi connectivity index (χ4v) is 2.23. The number of nitrogens with one attached hydrogen (secondary N) is 3. The zero-order valence-corrected chi connectivity index (χ0v) is 12.2. The molecule has 0 unspecified atom stereocenters. The Morgan fingerprint density at radius 3 is 2.52 bits per heavy atom. The van der Waals surface area contributed by atoms with Gasteiger partial charge < -0.3 is 9.88 Å². The molecule has 3 rings (SSSR count). The predicted octanol–water partition coefficient (Wildman–Crippen LogP) is 1.75. The van der Waals surface area contributed by atoms with Gasteiger partial charge in [0.15, 0.2) is 5.11 Å². The van der Waals surface area contributed by atoms with Crippen molar-refractivity contribution in [3.63, 3.8) is 0 Å². The van der Waals surface area contributed by atoms with Crippen molar-refractivity contribution in [2.45, 2.75) is 18.9 Å². The van der Waals surface area contributed by atoms with Crippen molar-refractivity contribution in [3.8, 4) is 5.69 Å². The van der Waals surface area contributed by atoms with E-state index in [1.807, 2.05) is 47.3 Å². The predicted molar refractivity (Wildman–Crippen MR) is 85.1 cm³/mol. The van der Waals surface area contributed by atoms with E-state index < -0.39 is 0 Å². The van der Waals surface area contributed by atoms with Crippen LogP contribution in [-0.4, -0.2) is 21.6 Å². The normalized spacial score (nSPS) is 13.5. The van der Waals surface area contributed by atoms with Crippen LogP contribution in [0.5, 0.6) is 0 Å². The summed E-state index contributed by atoms with van der Waals surface area (Å²) in [5, 5.41) is 3.55. The molecule has 0 aliphatic heterocycles. The third kappa shape index (κ3) is 3.41. The maximum absolute atomic E-state index is 12.3. The van der Waals surface area contributed by atoms with Crippen LogP contribution >= 0.6 is 12.2 Å². The fraction of sp³-hybridized carbons (Fsp3) is 0.200. The zero-order valence-electron chi connectivity index (χ0n) is 11.4.